The molecule has 34 heavy (non-hydrogen) atoms. The quantitative estimate of drug-likeness (QED) is 0.456. The van der Waals surface area contributed by atoms with Gasteiger partial charge in [0, 0.05) is 17.9 Å². The molecule has 0 spiro atoms. The van der Waals surface area contributed by atoms with Gasteiger partial charge >= 0.3 is 0 Å². The Bertz CT molecular complexity index is 1140. The Kier molecular flexibility index (Phi) is 7.64. The summed E-state index contributed by atoms with van der Waals surface area (Å²) in [6.45, 7) is 5.80. The first-order chi connectivity index (χ1) is 16.4. The smallest absolute Gasteiger partial charge is 0.234 e. The Morgan fingerprint density at radius 2 is 2.00 bits per heavy atom. The number of primary amides is 1. The molecule has 0 saturated carbocycles. The minimum atomic E-state index is -0.275. The molecule has 1 aliphatic rings. The van der Waals surface area contributed by atoms with E-state index >= 15 is 0 Å². The number of thioether (sulfide) groups is 1. The average Bonchev–Trinajstić information content (AvgIpc) is 3.47. The van der Waals surface area contributed by atoms with Crippen LogP contribution < -0.4 is 11.1 Å². The second-order valence-electron chi connectivity index (χ2n) is 8.80. The number of nitrogens with two attached hydrogens (primary N) is 1. The minimum absolute atomic E-state index is 0.122. The highest BCUT2D eigenvalue weighted by molar-refractivity contribution is 7.99. The fraction of sp³-hybridized carbons (Fsp3) is 0.360. The van der Waals surface area contributed by atoms with Gasteiger partial charge in [0.2, 0.25) is 11.8 Å². The maximum Gasteiger partial charge on any atom is 0.234 e. The molecule has 3 aromatic rings. The van der Waals surface area contributed by atoms with Gasteiger partial charge in [-0.2, -0.15) is 0 Å². The van der Waals surface area contributed by atoms with Crippen LogP contribution in [0.1, 0.15) is 43.7 Å². The molecule has 1 saturated heterocycles. The number of likely N-dealkylation sites (tertiary alicyclic amines) is 1. The normalized spacial score (nSPS) is 16.1. The van der Waals surface area contributed by atoms with E-state index in [-0.39, 0.29) is 23.6 Å². The Hall–Kier alpha value is -3.17. The van der Waals surface area contributed by atoms with Gasteiger partial charge in [-0.3, -0.25) is 19.1 Å². The number of carbonyl (C=O) groups is 2. The molecule has 2 amide bonds. The van der Waals surface area contributed by atoms with Crippen LogP contribution in [0.15, 0.2) is 60.0 Å². The lowest BCUT2D eigenvalue weighted by atomic mass is 10.0. The largest absolute Gasteiger partial charge is 0.368 e. The Morgan fingerprint density at radius 1 is 1.21 bits per heavy atom. The zero-order valence-electron chi connectivity index (χ0n) is 19.5. The zero-order chi connectivity index (χ0) is 24.1. The van der Waals surface area contributed by atoms with E-state index in [4.69, 9.17) is 5.73 Å². The maximum absolute atomic E-state index is 12.6. The molecule has 1 atom stereocenters. The van der Waals surface area contributed by atoms with Crippen molar-refractivity contribution in [1.82, 2.24) is 19.7 Å². The van der Waals surface area contributed by atoms with Crippen molar-refractivity contribution in [2.45, 2.75) is 50.4 Å². The first-order valence-electron chi connectivity index (χ1n) is 11.5. The molecule has 8 nitrogen and oxygen atoms in total. The van der Waals surface area contributed by atoms with Gasteiger partial charge in [0.15, 0.2) is 5.16 Å². The third kappa shape index (κ3) is 5.84. The highest BCUT2D eigenvalue weighted by Crippen LogP contribution is 2.23. The number of aromatic nitrogens is 3. The number of hydrogen-bond donors (Lipinski definition) is 2. The van der Waals surface area contributed by atoms with E-state index in [0.29, 0.717) is 17.6 Å². The third-order valence-corrected chi connectivity index (χ3v) is 6.92. The molecule has 1 fully saturated rings. The van der Waals surface area contributed by atoms with Crippen molar-refractivity contribution < 1.29 is 9.59 Å². The highest BCUT2D eigenvalue weighted by atomic mass is 32.2. The maximum atomic E-state index is 12.6. The molecule has 0 radical (unpaired) electrons. The lowest BCUT2D eigenvalue weighted by molar-refractivity contribution is -0.122. The molecule has 1 aliphatic heterocycles. The van der Waals surface area contributed by atoms with Crippen molar-refractivity contribution in [3.63, 3.8) is 0 Å². The van der Waals surface area contributed by atoms with Crippen LogP contribution in [-0.4, -0.2) is 49.8 Å². The van der Waals surface area contributed by atoms with Crippen molar-refractivity contribution in [2.24, 2.45) is 5.73 Å². The Labute approximate surface area is 203 Å². The van der Waals surface area contributed by atoms with Gasteiger partial charge in [-0.15, -0.1) is 10.2 Å². The first-order valence-corrected chi connectivity index (χ1v) is 12.4. The molecule has 0 bridgehead atoms. The molecule has 1 unspecified atom stereocenters. The molecular formula is C25H30N6O2S. The molecule has 2 heterocycles. The minimum Gasteiger partial charge on any atom is -0.368 e. The predicted octanol–water partition coefficient (Wildman–Crippen LogP) is 3.57. The van der Waals surface area contributed by atoms with E-state index < -0.39 is 0 Å². The number of carbonyl (C=O) groups excluding carboxylic acids is 2. The van der Waals surface area contributed by atoms with Gasteiger partial charge in [0.25, 0.3) is 0 Å². The zero-order valence-corrected chi connectivity index (χ0v) is 20.3. The number of rotatable bonds is 9. The van der Waals surface area contributed by atoms with Gasteiger partial charge < -0.3 is 11.1 Å². The lowest BCUT2D eigenvalue weighted by Gasteiger charge is -2.22. The monoisotopic (exact) mass is 478 g/mol. The van der Waals surface area contributed by atoms with Crippen LogP contribution >= 0.6 is 11.8 Å². The van der Waals surface area contributed by atoms with E-state index in [9.17, 15) is 9.59 Å². The Balaban J connectivity index is 1.34. The number of nitrogens with one attached hydrogen (secondary N) is 1. The summed E-state index contributed by atoms with van der Waals surface area (Å²) < 4.78 is 1.88. The molecule has 178 valence electrons. The van der Waals surface area contributed by atoms with Crippen LogP contribution in [0.25, 0.3) is 5.69 Å². The van der Waals surface area contributed by atoms with E-state index in [0.717, 1.165) is 36.3 Å². The average molecular weight is 479 g/mol. The van der Waals surface area contributed by atoms with Crippen LogP contribution in [-0.2, 0) is 16.1 Å². The fourth-order valence-electron chi connectivity index (χ4n) is 4.17. The highest BCUT2D eigenvalue weighted by Gasteiger charge is 2.28. The molecular weight excluding hydrogens is 448 g/mol. The van der Waals surface area contributed by atoms with Gasteiger partial charge in [-0.05, 0) is 60.7 Å². The van der Waals surface area contributed by atoms with E-state index in [1.807, 2.05) is 41.0 Å². The van der Waals surface area contributed by atoms with E-state index in [1.165, 1.54) is 17.3 Å². The van der Waals surface area contributed by atoms with Crippen molar-refractivity contribution in [1.29, 1.82) is 0 Å². The number of hydrogen-bond acceptors (Lipinski definition) is 6. The van der Waals surface area contributed by atoms with Crippen molar-refractivity contribution in [3.05, 3.63) is 66.0 Å². The molecule has 9 heteroatoms. The summed E-state index contributed by atoms with van der Waals surface area (Å²) in [5.41, 5.74) is 9.51. The van der Waals surface area contributed by atoms with Crippen LogP contribution in [0.2, 0.25) is 0 Å². The van der Waals surface area contributed by atoms with Crippen LogP contribution in [0, 0.1) is 0 Å². The van der Waals surface area contributed by atoms with E-state index in [2.05, 4.69) is 46.4 Å². The van der Waals surface area contributed by atoms with Gasteiger partial charge in [-0.1, -0.05) is 49.9 Å². The number of amides is 2. The van der Waals surface area contributed by atoms with Gasteiger partial charge in [0.05, 0.1) is 11.8 Å². The topological polar surface area (TPSA) is 106 Å². The molecule has 1 aromatic heterocycles. The van der Waals surface area contributed by atoms with Crippen molar-refractivity contribution >= 4 is 29.3 Å². The number of benzene rings is 2. The fourth-order valence-corrected chi connectivity index (χ4v) is 4.90. The Morgan fingerprint density at radius 3 is 2.74 bits per heavy atom. The SMILES string of the molecule is CC(C)c1ccc(-n2cnnc2SCC(=O)Nc2cccc(CN3CCCC3C(N)=O)c2)cc1. The van der Waals surface area contributed by atoms with E-state index in [1.54, 1.807) is 6.33 Å². The second kappa shape index (κ2) is 10.8. The van der Waals surface area contributed by atoms with Crippen LogP contribution in [0.3, 0.4) is 0 Å². The summed E-state index contributed by atoms with van der Waals surface area (Å²) >= 11 is 1.34. The number of nitrogens with zero attached hydrogens (tertiary/aromatic N) is 4. The summed E-state index contributed by atoms with van der Waals surface area (Å²) in [5, 5.41) is 11.8. The summed E-state index contributed by atoms with van der Waals surface area (Å²) in [7, 11) is 0. The summed E-state index contributed by atoms with van der Waals surface area (Å²) in [5.74, 6) is 0.278. The van der Waals surface area contributed by atoms with Gasteiger partial charge in [-0.25, -0.2) is 0 Å². The molecule has 2 aromatic carbocycles. The second-order valence-corrected chi connectivity index (χ2v) is 9.74. The summed E-state index contributed by atoms with van der Waals surface area (Å²) in [6.07, 6.45) is 3.43. The predicted molar refractivity (Wildman–Crippen MR) is 134 cm³/mol. The van der Waals surface area contributed by atoms with Crippen LogP contribution in [0.4, 0.5) is 5.69 Å². The lowest BCUT2D eigenvalue weighted by Crippen LogP contribution is -2.39. The summed E-state index contributed by atoms with van der Waals surface area (Å²) in [4.78, 5) is 26.4. The molecule has 0 aliphatic carbocycles. The van der Waals surface area contributed by atoms with Crippen LogP contribution in [0.5, 0.6) is 0 Å². The number of anilines is 1. The standard InChI is InChI=1S/C25H30N6O2S/c1-17(2)19-8-10-21(11-9-19)31-16-27-29-25(31)34-15-23(32)28-20-6-3-5-18(13-20)14-30-12-4-7-22(30)24(26)33/h3,5-6,8-11,13,16-17,22H,4,7,12,14-15H2,1-2H3,(H2,26,33)(H,28,32). The third-order valence-electron chi connectivity index (χ3n) is 5.98. The summed E-state index contributed by atoms with van der Waals surface area (Å²) in [6, 6.07) is 15.8. The first kappa shape index (κ1) is 24.0. The van der Waals surface area contributed by atoms with Crippen molar-refractivity contribution in [2.75, 3.05) is 17.6 Å². The van der Waals surface area contributed by atoms with Gasteiger partial charge in [0.1, 0.15) is 6.33 Å². The molecule has 4 rings (SSSR count). The molecule has 3 N–H and O–H groups in total. The van der Waals surface area contributed by atoms with Crippen molar-refractivity contribution in [3.8, 4) is 5.69 Å².